The lowest BCUT2D eigenvalue weighted by Gasteiger charge is -2.32. The number of amides is 1. The zero-order chi connectivity index (χ0) is 23.7. The first-order valence-corrected chi connectivity index (χ1v) is 12.9. The van der Waals surface area contributed by atoms with Crippen LogP contribution in [-0.2, 0) is 20.0 Å². The molecule has 2 aromatic carbocycles. The lowest BCUT2D eigenvalue weighted by molar-refractivity contribution is 0.102. The molecule has 1 amide bonds. The van der Waals surface area contributed by atoms with Crippen LogP contribution in [0.4, 0.5) is 5.69 Å². The zero-order valence-electron chi connectivity index (χ0n) is 18.6. The maximum Gasteiger partial charge on any atom is 0.255 e. The van der Waals surface area contributed by atoms with Crippen LogP contribution < -0.4 is 5.32 Å². The van der Waals surface area contributed by atoms with E-state index >= 15 is 0 Å². The zero-order valence-corrected chi connectivity index (χ0v) is 20.2. The number of benzene rings is 2. The fourth-order valence-corrected chi connectivity index (χ4v) is 5.96. The summed E-state index contributed by atoms with van der Waals surface area (Å²) in [5.41, 5.74) is 1.05. The van der Waals surface area contributed by atoms with Crippen LogP contribution in [0.3, 0.4) is 0 Å². The third kappa shape index (κ3) is 5.02. The molecule has 0 aliphatic carbocycles. The van der Waals surface area contributed by atoms with Gasteiger partial charge in [0.05, 0.1) is 9.79 Å². The normalized spacial score (nSPS) is 16.3. The van der Waals surface area contributed by atoms with Crippen molar-refractivity contribution in [2.45, 2.75) is 16.7 Å². The van der Waals surface area contributed by atoms with E-state index in [0.717, 1.165) is 4.31 Å². The minimum Gasteiger partial charge on any atom is -0.322 e. The average Bonchev–Trinajstić information content (AvgIpc) is 2.75. The molecule has 174 valence electrons. The number of hydrogen-bond acceptors (Lipinski definition) is 6. The summed E-state index contributed by atoms with van der Waals surface area (Å²) in [5.74, 6) is -0.535. The third-order valence-corrected chi connectivity index (χ3v) is 9.25. The number of hydrogen-bond donors (Lipinski definition) is 1. The molecule has 3 rings (SSSR count). The van der Waals surface area contributed by atoms with Crippen LogP contribution in [0.2, 0.25) is 0 Å². The van der Waals surface area contributed by atoms with Gasteiger partial charge in [0, 0.05) is 51.5 Å². The molecular weight excluding hydrogens is 452 g/mol. The molecule has 0 aromatic heterocycles. The second kappa shape index (κ2) is 9.28. The summed E-state index contributed by atoms with van der Waals surface area (Å²) >= 11 is 0. The maximum atomic E-state index is 13.2. The monoisotopic (exact) mass is 480 g/mol. The smallest absolute Gasteiger partial charge is 0.255 e. The molecule has 1 aliphatic rings. The van der Waals surface area contributed by atoms with Crippen LogP contribution in [0.1, 0.15) is 15.9 Å². The summed E-state index contributed by atoms with van der Waals surface area (Å²) in [6.45, 7) is 3.83. The van der Waals surface area contributed by atoms with E-state index in [-0.39, 0.29) is 15.4 Å². The summed E-state index contributed by atoms with van der Waals surface area (Å²) in [5, 5.41) is 2.68. The Bertz CT molecular complexity index is 1220. The highest BCUT2D eigenvalue weighted by Gasteiger charge is 2.29. The predicted molar refractivity (Wildman–Crippen MR) is 123 cm³/mol. The van der Waals surface area contributed by atoms with E-state index < -0.39 is 26.0 Å². The van der Waals surface area contributed by atoms with Crippen molar-refractivity contribution in [3.63, 3.8) is 0 Å². The van der Waals surface area contributed by atoms with Gasteiger partial charge in [-0.15, -0.1) is 0 Å². The number of nitrogens with zero attached hydrogens (tertiary/aromatic N) is 3. The molecule has 0 unspecified atom stereocenters. The molecular formula is C21H28N4O5S2. The van der Waals surface area contributed by atoms with Crippen LogP contribution in [0, 0.1) is 6.92 Å². The van der Waals surface area contributed by atoms with Gasteiger partial charge in [-0.05, 0) is 49.9 Å². The van der Waals surface area contributed by atoms with E-state index in [4.69, 9.17) is 0 Å². The van der Waals surface area contributed by atoms with Gasteiger partial charge in [0.15, 0.2) is 0 Å². The second-order valence-electron chi connectivity index (χ2n) is 7.96. The van der Waals surface area contributed by atoms with E-state index in [1.807, 2.05) is 7.05 Å². The molecule has 32 heavy (non-hydrogen) atoms. The molecule has 0 atom stereocenters. The van der Waals surface area contributed by atoms with Crippen molar-refractivity contribution in [2.75, 3.05) is 52.6 Å². The summed E-state index contributed by atoms with van der Waals surface area (Å²) < 4.78 is 53.5. The molecule has 0 spiro atoms. The van der Waals surface area contributed by atoms with Gasteiger partial charge in [-0.1, -0.05) is 12.1 Å². The molecule has 0 radical (unpaired) electrons. The number of anilines is 1. The van der Waals surface area contributed by atoms with Crippen LogP contribution in [0.25, 0.3) is 0 Å². The highest BCUT2D eigenvalue weighted by Crippen LogP contribution is 2.25. The number of piperazine rings is 1. The highest BCUT2D eigenvalue weighted by atomic mass is 32.2. The molecule has 1 heterocycles. The molecule has 1 saturated heterocycles. The van der Waals surface area contributed by atoms with Crippen molar-refractivity contribution in [1.82, 2.24) is 13.5 Å². The predicted octanol–water partition coefficient (Wildman–Crippen LogP) is 1.43. The quantitative estimate of drug-likeness (QED) is 0.670. The first kappa shape index (κ1) is 24.3. The number of nitrogens with one attached hydrogen (secondary N) is 1. The van der Waals surface area contributed by atoms with Gasteiger partial charge in [-0.2, -0.15) is 4.31 Å². The summed E-state index contributed by atoms with van der Waals surface area (Å²) in [6, 6.07) is 10.4. The number of likely N-dealkylation sites (N-methyl/N-ethyl adjacent to an activating group) is 1. The molecule has 9 nitrogen and oxygen atoms in total. The Morgan fingerprint density at radius 3 is 2.25 bits per heavy atom. The van der Waals surface area contributed by atoms with Crippen LogP contribution in [0.5, 0.6) is 0 Å². The molecule has 0 bridgehead atoms. The number of aryl methyl sites for hydroxylation is 1. The highest BCUT2D eigenvalue weighted by molar-refractivity contribution is 7.89. The van der Waals surface area contributed by atoms with Crippen molar-refractivity contribution in [3.8, 4) is 0 Å². The van der Waals surface area contributed by atoms with Crippen molar-refractivity contribution in [2.24, 2.45) is 0 Å². The van der Waals surface area contributed by atoms with Gasteiger partial charge >= 0.3 is 0 Å². The van der Waals surface area contributed by atoms with E-state index in [0.29, 0.717) is 37.4 Å². The lowest BCUT2D eigenvalue weighted by Crippen LogP contribution is -2.47. The van der Waals surface area contributed by atoms with Crippen molar-refractivity contribution in [3.05, 3.63) is 53.6 Å². The van der Waals surface area contributed by atoms with Gasteiger partial charge in [0.1, 0.15) is 0 Å². The number of carbonyl (C=O) groups excluding carboxylic acids is 1. The Labute approximate surface area is 189 Å². The van der Waals surface area contributed by atoms with Crippen LogP contribution >= 0.6 is 0 Å². The first-order chi connectivity index (χ1) is 14.9. The number of sulfonamides is 2. The van der Waals surface area contributed by atoms with Crippen molar-refractivity contribution in [1.29, 1.82) is 0 Å². The Kier molecular flexibility index (Phi) is 7.06. The fraction of sp³-hybridized carbons (Fsp3) is 0.381. The summed E-state index contributed by atoms with van der Waals surface area (Å²) in [6.07, 6.45) is 0. The summed E-state index contributed by atoms with van der Waals surface area (Å²) in [4.78, 5) is 15.0. The SMILES string of the molecule is Cc1ccc(NC(=O)c2cccc(S(=O)(=O)N(C)C)c2)cc1S(=O)(=O)N1CCN(C)CC1. The maximum absolute atomic E-state index is 13.2. The van der Waals surface area contributed by atoms with Gasteiger partial charge in [-0.25, -0.2) is 21.1 Å². The standard InChI is InChI=1S/C21H28N4O5S2/c1-16-8-9-18(15-20(16)32(29,30)25-12-10-24(4)11-13-25)22-21(26)17-6-5-7-19(14-17)31(27,28)23(2)3/h5-9,14-15H,10-13H2,1-4H3,(H,22,26). The Hall–Kier alpha value is -2.31. The van der Waals surface area contributed by atoms with E-state index in [1.54, 1.807) is 19.1 Å². The van der Waals surface area contributed by atoms with Gasteiger partial charge in [0.2, 0.25) is 20.0 Å². The van der Waals surface area contributed by atoms with E-state index in [9.17, 15) is 21.6 Å². The fourth-order valence-electron chi connectivity index (χ4n) is 3.34. The van der Waals surface area contributed by atoms with Gasteiger partial charge in [0.25, 0.3) is 5.91 Å². The largest absolute Gasteiger partial charge is 0.322 e. The third-order valence-electron chi connectivity index (χ3n) is 5.40. The average molecular weight is 481 g/mol. The Balaban J connectivity index is 1.86. The number of rotatable bonds is 6. The van der Waals surface area contributed by atoms with E-state index in [2.05, 4.69) is 10.2 Å². The van der Waals surface area contributed by atoms with Crippen molar-refractivity contribution >= 4 is 31.6 Å². The van der Waals surface area contributed by atoms with Crippen molar-refractivity contribution < 1.29 is 21.6 Å². The van der Waals surface area contributed by atoms with Gasteiger partial charge in [-0.3, -0.25) is 4.79 Å². The summed E-state index contributed by atoms with van der Waals surface area (Å²) in [7, 11) is -2.62. The molecule has 1 aliphatic heterocycles. The molecule has 0 saturated carbocycles. The Morgan fingerprint density at radius 1 is 0.969 bits per heavy atom. The van der Waals surface area contributed by atoms with E-state index in [1.165, 1.54) is 48.7 Å². The minimum absolute atomic E-state index is 0.00242. The van der Waals surface area contributed by atoms with Crippen LogP contribution in [0.15, 0.2) is 52.3 Å². The Morgan fingerprint density at radius 2 is 1.62 bits per heavy atom. The molecule has 1 fully saturated rings. The molecule has 1 N–H and O–H groups in total. The molecule has 11 heteroatoms. The second-order valence-corrected chi connectivity index (χ2v) is 12.0. The topological polar surface area (TPSA) is 107 Å². The minimum atomic E-state index is -3.70. The molecule has 2 aromatic rings. The number of carbonyl (C=O) groups is 1. The lowest BCUT2D eigenvalue weighted by atomic mass is 10.2. The van der Waals surface area contributed by atoms with Gasteiger partial charge < -0.3 is 10.2 Å². The van der Waals surface area contributed by atoms with Crippen LogP contribution in [-0.4, -0.2) is 83.6 Å². The first-order valence-electron chi connectivity index (χ1n) is 10.1.